The summed E-state index contributed by atoms with van der Waals surface area (Å²) in [6, 6.07) is 14.2. The highest BCUT2D eigenvalue weighted by atomic mass is 32.2. The molecule has 0 unspecified atom stereocenters. The smallest absolute Gasteiger partial charge is 0.317 e. The van der Waals surface area contributed by atoms with Crippen LogP contribution in [0.2, 0.25) is 0 Å². The zero-order valence-corrected chi connectivity index (χ0v) is 15.7. The molecule has 27 heavy (non-hydrogen) atoms. The van der Waals surface area contributed by atoms with E-state index in [1.807, 2.05) is 30.3 Å². The number of nitrogens with one attached hydrogen (secondary N) is 1. The SMILES string of the molecule is O=C(NCc1ccccc1)N1CCCN(S(=O)(=O)c2ccc(F)cc2)CC1. The Kier molecular flexibility index (Phi) is 6.08. The maximum Gasteiger partial charge on any atom is 0.317 e. The van der Waals surface area contributed by atoms with Gasteiger partial charge in [-0.15, -0.1) is 0 Å². The van der Waals surface area contributed by atoms with Crippen molar-refractivity contribution in [1.82, 2.24) is 14.5 Å². The van der Waals surface area contributed by atoms with E-state index in [2.05, 4.69) is 5.32 Å². The summed E-state index contributed by atoms with van der Waals surface area (Å²) in [4.78, 5) is 14.1. The highest BCUT2D eigenvalue weighted by molar-refractivity contribution is 7.89. The van der Waals surface area contributed by atoms with Crippen LogP contribution in [0.3, 0.4) is 0 Å². The van der Waals surface area contributed by atoms with Crippen LogP contribution in [-0.4, -0.2) is 49.8 Å². The first-order valence-electron chi connectivity index (χ1n) is 8.79. The van der Waals surface area contributed by atoms with Crippen LogP contribution in [0.1, 0.15) is 12.0 Å². The molecule has 0 saturated carbocycles. The number of nitrogens with zero attached hydrogens (tertiary/aromatic N) is 2. The Labute approximate surface area is 158 Å². The fraction of sp³-hybridized carbons (Fsp3) is 0.316. The van der Waals surface area contributed by atoms with Gasteiger partial charge in [-0.25, -0.2) is 17.6 Å². The highest BCUT2D eigenvalue weighted by Crippen LogP contribution is 2.18. The Hall–Kier alpha value is -2.45. The molecule has 0 radical (unpaired) electrons. The van der Waals surface area contributed by atoms with Crippen LogP contribution in [0.4, 0.5) is 9.18 Å². The Morgan fingerprint density at radius 1 is 0.963 bits per heavy atom. The molecule has 144 valence electrons. The van der Waals surface area contributed by atoms with Crippen LogP contribution in [0, 0.1) is 5.82 Å². The molecule has 6 nitrogen and oxygen atoms in total. The summed E-state index contributed by atoms with van der Waals surface area (Å²) in [7, 11) is -3.70. The predicted molar refractivity (Wildman–Crippen MR) is 100 cm³/mol. The minimum Gasteiger partial charge on any atom is -0.334 e. The number of carbonyl (C=O) groups excluding carboxylic acids is 1. The molecule has 0 bridgehead atoms. The molecule has 3 rings (SSSR count). The van der Waals surface area contributed by atoms with Crippen molar-refractivity contribution in [2.24, 2.45) is 0 Å². The third-order valence-corrected chi connectivity index (χ3v) is 6.39. The lowest BCUT2D eigenvalue weighted by molar-refractivity contribution is 0.200. The third kappa shape index (κ3) is 4.84. The number of halogens is 1. The van der Waals surface area contributed by atoms with Gasteiger partial charge in [-0.3, -0.25) is 0 Å². The van der Waals surface area contributed by atoms with Crippen molar-refractivity contribution in [3.05, 3.63) is 66.0 Å². The van der Waals surface area contributed by atoms with Crippen molar-refractivity contribution in [2.75, 3.05) is 26.2 Å². The number of carbonyl (C=O) groups is 1. The van der Waals surface area contributed by atoms with Crippen molar-refractivity contribution in [2.45, 2.75) is 17.9 Å². The lowest BCUT2D eigenvalue weighted by Gasteiger charge is -2.22. The zero-order chi connectivity index (χ0) is 19.3. The van der Waals surface area contributed by atoms with Gasteiger partial charge in [-0.1, -0.05) is 30.3 Å². The second kappa shape index (κ2) is 8.49. The van der Waals surface area contributed by atoms with E-state index in [4.69, 9.17) is 0 Å². The number of benzene rings is 2. The van der Waals surface area contributed by atoms with Gasteiger partial charge in [-0.05, 0) is 36.2 Å². The largest absolute Gasteiger partial charge is 0.334 e. The van der Waals surface area contributed by atoms with Crippen molar-refractivity contribution in [3.8, 4) is 0 Å². The molecule has 0 spiro atoms. The molecule has 1 saturated heterocycles. The predicted octanol–water partition coefficient (Wildman–Crippen LogP) is 2.43. The molecule has 2 aromatic carbocycles. The van der Waals surface area contributed by atoms with Crippen LogP contribution >= 0.6 is 0 Å². The van der Waals surface area contributed by atoms with Crippen molar-refractivity contribution < 1.29 is 17.6 Å². The molecule has 0 atom stereocenters. The van der Waals surface area contributed by atoms with Gasteiger partial charge in [0.2, 0.25) is 10.0 Å². The molecule has 0 aliphatic carbocycles. The Bertz CT molecular complexity index is 873. The number of rotatable bonds is 4. The number of urea groups is 1. The van der Waals surface area contributed by atoms with Gasteiger partial charge >= 0.3 is 6.03 Å². The van der Waals surface area contributed by atoms with Gasteiger partial charge in [0, 0.05) is 32.7 Å². The molecule has 2 amide bonds. The molecule has 2 aromatic rings. The maximum atomic E-state index is 13.1. The average Bonchev–Trinajstić information content (AvgIpc) is 2.94. The monoisotopic (exact) mass is 391 g/mol. The Balaban J connectivity index is 1.59. The molecule has 0 aromatic heterocycles. The van der Waals surface area contributed by atoms with Crippen LogP contribution in [0.15, 0.2) is 59.5 Å². The van der Waals surface area contributed by atoms with E-state index in [0.29, 0.717) is 32.6 Å². The summed E-state index contributed by atoms with van der Waals surface area (Å²) in [5.74, 6) is -0.480. The van der Waals surface area contributed by atoms with E-state index in [-0.39, 0.29) is 17.5 Å². The van der Waals surface area contributed by atoms with E-state index in [9.17, 15) is 17.6 Å². The van der Waals surface area contributed by atoms with Gasteiger partial charge in [0.05, 0.1) is 4.90 Å². The van der Waals surface area contributed by atoms with E-state index in [1.165, 1.54) is 16.4 Å². The summed E-state index contributed by atoms with van der Waals surface area (Å²) in [5.41, 5.74) is 1.00. The molecule has 1 heterocycles. The lowest BCUT2D eigenvalue weighted by atomic mass is 10.2. The molecule has 1 N–H and O–H groups in total. The first-order chi connectivity index (χ1) is 13.0. The van der Waals surface area contributed by atoms with Crippen LogP contribution in [0.25, 0.3) is 0 Å². The van der Waals surface area contributed by atoms with Gasteiger partial charge in [-0.2, -0.15) is 4.31 Å². The van der Waals surface area contributed by atoms with E-state index in [0.717, 1.165) is 17.7 Å². The standard InChI is InChI=1S/C19H22FN3O3S/c20-17-7-9-18(10-8-17)27(25,26)23-12-4-11-22(13-14-23)19(24)21-15-16-5-2-1-3-6-16/h1-3,5-10H,4,11-15H2,(H,21,24). The normalized spacial score (nSPS) is 16.0. The third-order valence-electron chi connectivity index (χ3n) is 4.48. The van der Waals surface area contributed by atoms with E-state index in [1.54, 1.807) is 4.90 Å². The van der Waals surface area contributed by atoms with Crippen molar-refractivity contribution in [1.29, 1.82) is 0 Å². The maximum absolute atomic E-state index is 13.1. The molecular formula is C19H22FN3O3S. The van der Waals surface area contributed by atoms with Gasteiger partial charge in [0.1, 0.15) is 5.82 Å². The number of amides is 2. The fourth-order valence-corrected chi connectivity index (χ4v) is 4.45. The van der Waals surface area contributed by atoms with Crippen LogP contribution < -0.4 is 5.32 Å². The molecular weight excluding hydrogens is 369 g/mol. The lowest BCUT2D eigenvalue weighted by Crippen LogP contribution is -2.42. The molecule has 1 aliphatic rings. The van der Waals surface area contributed by atoms with E-state index < -0.39 is 15.8 Å². The van der Waals surface area contributed by atoms with Gasteiger partial charge in [0.15, 0.2) is 0 Å². The molecule has 1 aliphatic heterocycles. The second-order valence-corrected chi connectivity index (χ2v) is 8.28. The summed E-state index contributed by atoms with van der Waals surface area (Å²) < 4.78 is 39.9. The van der Waals surface area contributed by atoms with Crippen molar-refractivity contribution >= 4 is 16.1 Å². The second-order valence-electron chi connectivity index (χ2n) is 6.34. The van der Waals surface area contributed by atoms with E-state index >= 15 is 0 Å². The van der Waals surface area contributed by atoms with Crippen molar-refractivity contribution in [3.63, 3.8) is 0 Å². The zero-order valence-electron chi connectivity index (χ0n) is 14.8. The minimum absolute atomic E-state index is 0.0610. The number of hydrogen-bond acceptors (Lipinski definition) is 3. The Morgan fingerprint density at radius 3 is 2.37 bits per heavy atom. The summed E-state index contributed by atoms with van der Waals surface area (Å²) in [6.45, 7) is 1.74. The minimum atomic E-state index is -3.70. The molecule has 1 fully saturated rings. The van der Waals surface area contributed by atoms with Crippen LogP contribution in [0.5, 0.6) is 0 Å². The summed E-state index contributed by atoms with van der Waals surface area (Å²) in [5, 5.41) is 2.87. The van der Waals surface area contributed by atoms with Crippen LogP contribution in [-0.2, 0) is 16.6 Å². The number of hydrogen-bond donors (Lipinski definition) is 1. The van der Waals surface area contributed by atoms with Gasteiger partial charge < -0.3 is 10.2 Å². The first-order valence-corrected chi connectivity index (χ1v) is 10.2. The summed E-state index contributed by atoms with van der Waals surface area (Å²) in [6.07, 6.45) is 0.541. The van der Waals surface area contributed by atoms with Gasteiger partial charge in [0.25, 0.3) is 0 Å². The highest BCUT2D eigenvalue weighted by Gasteiger charge is 2.28. The summed E-state index contributed by atoms with van der Waals surface area (Å²) >= 11 is 0. The topological polar surface area (TPSA) is 69.7 Å². The fourth-order valence-electron chi connectivity index (χ4n) is 2.98. The first kappa shape index (κ1) is 19.3. The average molecular weight is 391 g/mol. The quantitative estimate of drug-likeness (QED) is 0.870. The Morgan fingerprint density at radius 2 is 1.67 bits per heavy atom. The number of sulfonamides is 1. The molecule has 8 heteroatoms.